The van der Waals surface area contributed by atoms with Gasteiger partial charge in [-0.25, -0.2) is 0 Å². The summed E-state index contributed by atoms with van der Waals surface area (Å²) in [5.41, 5.74) is -2.30. The van der Waals surface area contributed by atoms with Gasteiger partial charge in [0.1, 0.15) is 0 Å². The zero-order valence-electron chi connectivity index (χ0n) is 10.3. The molecule has 102 valence electrons. The largest absolute Gasteiger partial charge is 0.481 e. The van der Waals surface area contributed by atoms with Gasteiger partial charge < -0.3 is 14.9 Å². The van der Waals surface area contributed by atoms with Crippen LogP contribution in [0.2, 0.25) is 0 Å². The number of esters is 1. The number of ketones is 1. The van der Waals surface area contributed by atoms with E-state index in [1.54, 1.807) is 0 Å². The molecule has 18 heavy (non-hydrogen) atoms. The van der Waals surface area contributed by atoms with Gasteiger partial charge in [0.15, 0.2) is 5.78 Å². The summed E-state index contributed by atoms with van der Waals surface area (Å²) in [7, 11) is 0. The number of carbonyl (C=O) groups excluding carboxylic acids is 2. The van der Waals surface area contributed by atoms with Crippen molar-refractivity contribution in [1.29, 1.82) is 0 Å². The first kappa shape index (κ1) is 16.1. The van der Waals surface area contributed by atoms with Gasteiger partial charge in [-0.15, -0.1) is 0 Å². The molecule has 0 radical (unpaired) electrons. The number of hydrogen-bond acceptors (Lipinski definition) is 5. The molecule has 0 heterocycles. The van der Waals surface area contributed by atoms with Crippen LogP contribution in [0.25, 0.3) is 0 Å². The highest BCUT2D eigenvalue weighted by atomic mass is 16.5. The smallest absolute Gasteiger partial charge is 0.331 e. The lowest BCUT2D eigenvalue weighted by Gasteiger charge is -2.23. The first-order chi connectivity index (χ1) is 8.28. The Labute approximate surface area is 104 Å². The van der Waals surface area contributed by atoms with Crippen LogP contribution in [0.1, 0.15) is 33.1 Å². The van der Waals surface area contributed by atoms with E-state index in [0.717, 1.165) is 6.92 Å². The first-order valence-electron chi connectivity index (χ1n) is 5.42. The number of aliphatic carboxylic acids is 2. The van der Waals surface area contributed by atoms with Crippen molar-refractivity contribution in [3.05, 3.63) is 0 Å². The van der Waals surface area contributed by atoms with Crippen LogP contribution >= 0.6 is 0 Å². The molecule has 0 aromatic heterocycles. The summed E-state index contributed by atoms with van der Waals surface area (Å²) in [6, 6.07) is 0. The van der Waals surface area contributed by atoms with Crippen LogP contribution in [-0.2, 0) is 23.9 Å². The Hall–Kier alpha value is -1.92. The topological polar surface area (TPSA) is 118 Å². The molecule has 0 spiro atoms. The molecule has 0 amide bonds. The Morgan fingerprint density at radius 2 is 1.72 bits per heavy atom. The van der Waals surface area contributed by atoms with Crippen LogP contribution in [0.4, 0.5) is 0 Å². The number of Topliss-reactive ketones (excluding diaryl/α,β-unsaturated/α-hetero) is 1. The average Bonchev–Trinajstić information content (AvgIpc) is 2.23. The molecule has 1 atom stereocenters. The van der Waals surface area contributed by atoms with Gasteiger partial charge in [0.2, 0.25) is 5.41 Å². The number of carbonyl (C=O) groups is 4. The van der Waals surface area contributed by atoms with E-state index < -0.39 is 29.1 Å². The van der Waals surface area contributed by atoms with E-state index in [1.807, 2.05) is 0 Å². The Bertz CT molecular complexity index is 344. The van der Waals surface area contributed by atoms with E-state index in [2.05, 4.69) is 4.74 Å². The lowest BCUT2D eigenvalue weighted by atomic mass is 9.79. The van der Waals surface area contributed by atoms with Gasteiger partial charge in [-0.3, -0.25) is 19.2 Å². The standard InChI is InChI=1S/C11H16O7/c1-3-18-10(17)11(7(2)12,9(15)16)6-4-5-8(13)14/h3-6H2,1-2H3,(H,13,14)(H,15,16). The summed E-state index contributed by atoms with van der Waals surface area (Å²) < 4.78 is 4.60. The first-order valence-corrected chi connectivity index (χ1v) is 5.42. The molecule has 0 rings (SSSR count). The molecule has 0 fully saturated rings. The van der Waals surface area contributed by atoms with Crippen molar-refractivity contribution in [3.8, 4) is 0 Å². The number of carboxylic acids is 2. The number of carboxylic acid groups (broad SMARTS) is 2. The third kappa shape index (κ3) is 3.54. The average molecular weight is 260 g/mol. The maximum absolute atomic E-state index is 11.7. The van der Waals surface area contributed by atoms with Gasteiger partial charge in [0.05, 0.1) is 6.61 Å². The van der Waals surface area contributed by atoms with E-state index in [9.17, 15) is 19.2 Å². The fraction of sp³-hybridized carbons (Fsp3) is 0.636. The minimum atomic E-state index is -2.30. The predicted molar refractivity (Wildman–Crippen MR) is 58.9 cm³/mol. The lowest BCUT2D eigenvalue weighted by molar-refractivity contribution is -0.172. The molecule has 0 aromatic rings. The van der Waals surface area contributed by atoms with Crippen molar-refractivity contribution in [1.82, 2.24) is 0 Å². The van der Waals surface area contributed by atoms with Crippen LogP contribution in [0, 0.1) is 5.41 Å². The van der Waals surface area contributed by atoms with Gasteiger partial charge in [-0.1, -0.05) is 0 Å². The SMILES string of the molecule is CCOC(=O)C(CCCC(=O)O)(C(C)=O)C(=O)O. The predicted octanol–water partition coefficient (Wildman–Crippen LogP) is 0.464. The third-order valence-corrected chi connectivity index (χ3v) is 2.53. The van der Waals surface area contributed by atoms with E-state index in [4.69, 9.17) is 10.2 Å². The molecule has 0 aliphatic carbocycles. The summed E-state index contributed by atoms with van der Waals surface area (Å²) in [5, 5.41) is 17.6. The third-order valence-electron chi connectivity index (χ3n) is 2.53. The molecule has 0 saturated carbocycles. The van der Waals surface area contributed by atoms with Crippen molar-refractivity contribution >= 4 is 23.7 Å². The zero-order chi connectivity index (χ0) is 14.3. The molecule has 0 saturated heterocycles. The lowest BCUT2D eigenvalue weighted by Crippen LogP contribution is -2.46. The zero-order valence-corrected chi connectivity index (χ0v) is 10.3. The van der Waals surface area contributed by atoms with Crippen molar-refractivity contribution in [2.75, 3.05) is 6.61 Å². The molecule has 7 heteroatoms. The Balaban J connectivity index is 5.11. The Kier molecular flexibility index (Phi) is 6.01. The van der Waals surface area contributed by atoms with Crippen molar-refractivity contribution in [3.63, 3.8) is 0 Å². The summed E-state index contributed by atoms with van der Waals surface area (Å²) in [6.07, 6.45) is -0.801. The second-order valence-corrected chi connectivity index (χ2v) is 3.73. The molecule has 0 aromatic carbocycles. The van der Waals surface area contributed by atoms with Gasteiger partial charge in [-0.2, -0.15) is 0 Å². The highest BCUT2D eigenvalue weighted by Crippen LogP contribution is 2.28. The number of ether oxygens (including phenoxy) is 1. The van der Waals surface area contributed by atoms with Crippen molar-refractivity contribution in [2.24, 2.45) is 5.41 Å². The molecule has 2 N–H and O–H groups in total. The van der Waals surface area contributed by atoms with Crippen LogP contribution < -0.4 is 0 Å². The van der Waals surface area contributed by atoms with Gasteiger partial charge in [0.25, 0.3) is 0 Å². The normalized spacial score (nSPS) is 13.4. The minimum Gasteiger partial charge on any atom is -0.481 e. The molecule has 7 nitrogen and oxygen atoms in total. The van der Waals surface area contributed by atoms with E-state index in [-0.39, 0.29) is 25.9 Å². The van der Waals surface area contributed by atoms with E-state index in [1.165, 1.54) is 6.92 Å². The van der Waals surface area contributed by atoms with Gasteiger partial charge >= 0.3 is 17.9 Å². The highest BCUT2D eigenvalue weighted by molar-refractivity contribution is 6.19. The fourth-order valence-electron chi connectivity index (χ4n) is 1.53. The number of hydrogen-bond donors (Lipinski definition) is 2. The van der Waals surface area contributed by atoms with Crippen LogP contribution in [0.5, 0.6) is 0 Å². The molecular formula is C11H16O7. The maximum Gasteiger partial charge on any atom is 0.331 e. The summed E-state index contributed by atoms with van der Waals surface area (Å²) >= 11 is 0. The second-order valence-electron chi connectivity index (χ2n) is 3.73. The minimum absolute atomic E-state index is 0.0555. The van der Waals surface area contributed by atoms with Gasteiger partial charge in [0, 0.05) is 6.42 Å². The Morgan fingerprint density at radius 1 is 1.17 bits per heavy atom. The monoisotopic (exact) mass is 260 g/mol. The highest BCUT2D eigenvalue weighted by Gasteiger charge is 2.51. The number of rotatable bonds is 8. The summed E-state index contributed by atoms with van der Waals surface area (Å²) in [6.45, 7) is 2.41. The summed E-state index contributed by atoms with van der Waals surface area (Å²) in [5.74, 6) is -4.74. The Morgan fingerprint density at radius 3 is 2.06 bits per heavy atom. The van der Waals surface area contributed by atoms with E-state index in [0.29, 0.717) is 0 Å². The van der Waals surface area contributed by atoms with Crippen LogP contribution in [0.15, 0.2) is 0 Å². The van der Waals surface area contributed by atoms with Crippen molar-refractivity contribution in [2.45, 2.75) is 33.1 Å². The van der Waals surface area contributed by atoms with E-state index >= 15 is 0 Å². The maximum atomic E-state index is 11.7. The molecule has 1 unspecified atom stereocenters. The molecule has 0 bridgehead atoms. The molecule has 0 aliphatic rings. The quantitative estimate of drug-likeness (QED) is 0.480. The van der Waals surface area contributed by atoms with Crippen LogP contribution in [-0.4, -0.2) is 40.5 Å². The molecule has 0 aliphatic heterocycles. The fourth-order valence-corrected chi connectivity index (χ4v) is 1.53. The van der Waals surface area contributed by atoms with Gasteiger partial charge in [-0.05, 0) is 26.7 Å². The summed E-state index contributed by atoms with van der Waals surface area (Å²) in [4.78, 5) is 44.7. The van der Waals surface area contributed by atoms with Crippen molar-refractivity contribution < 1.29 is 34.1 Å². The van der Waals surface area contributed by atoms with Crippen LogP contribution in [0.3, 0.4) is 0 Å². The molecular weight excluding hydrogens is 244 g/mol. The second kappa shape index (κ2) is 6.73.